The summed E-state index contributed by atoms with van der Waals surface area (Å²) in [7, 11) is 0. The molecule has 0 spiro atoms. The molecule has 1 aromatic heterocycles. The van der Waals surface area contributed by atoms with E-state index in [0.717, 1.165) is 23.1 Å². The monoisotopic (exact) mass is 482 g/mol. The maximum absolute atomic E-state index is 13.5. The van der Waals surface area contributed by atoms with Gasteiger partial charge >= 0.3 is 0 Å². The van der Waals surface area contributed by atoms with Gasteiger partial charge in [-0.15, -0.1) is 0 Å². The second-order valence-electron chi connectivity index (χ2n) is 8.55. The van der Waals surface area contributed by atoms with Crippen LogP contribution >= 0.6 is 12.2 Å². The molecule has 0 aliphatic heterocycles. The fraction of sp³-hybridized carbons (Fsp3) is 0.207. The highest BCUT2D eigenvalue weighted by Crippen LogP contribution is 2.40. The van der Waals surface area contributed by atoms with Crippen LogP contribution in [0.15, 0.2) is 104 Å². The Balaban J connectivity index is 1.90. The van der Waals surface area contributed by atoms with Gasteiger partial charge in [0.05, 0.1) is 12.4 Å². The number of benzene rings is 3. The van der Waals surface area contributed by atoms with E-state index in [-0.39, 0.29) is 10.9 Å². The molecule has 178 valence electrons. The Morgan fingerprint density at radius 2 is 1.40 bits per heavy atom. The van der Waals surface area contributed by atoms with Crippen LogP contribution in [0.1, 0.15) is 47.4 Å². The number of hydrogen-bond donors (Lipinski definition) is 1. The first-order valence-corrected chi connectivity index (χ1v) is 12.2. The van der Waals surface area contributed by atoms with Gasteiger partial charge in [0.1, 0.15) is 11.2 Å². The van der Waals surface area contributed by atoms with E-state index < -0.39 is 11.6 Å². The SMILES string of the molecule is CCCN(C(N)=S)C(C)C(=O)c1cn(C(c2ccccc2)(c2ccccc2)c2ccccc2)cn1. The van der Waals surface area contributed by atoms with E-state index in [2.05, 4.69) is 41.4 Å². The van der Waals surface area contributed by atoms with Crippen LogP contribution in [0.25, 0.3) is 0 Å². The molecule has 1 heterocycles. The van der Waals surface area contributed by atoms with Crippen LogP contribution in [0.4, 0.5) is 0 Å². The van der Waals surface area contributed by atoms with E-state index in [1.807, 2.05) is 79.2 Å². The van der Waals surface area contributed by atoms with Crippen LogP contribution in [-0.4, -0.2) is 37.9 Å². The zero-order valence-corrected chi connectivity index (χ0v) is 20.9. The van der Waals surface area contributed by atoms with Crippen molar-refractivity contribution in [2.75, 3.05) is 6.54 Å². The van der Waals surface area contributed by atoms with Crippen LogP contribution in [-0.2, 0) is 5.54 Å². The summed E-state index contributed by atoms with van der Waals surface area (Å²) in [5.41, 5.74) is 8.78. The maximum Gasteiger partial charge on any atom is 0.204 e. The maximum atomic E-state index is 13.5. The summed E-state index contributed by atoms with van der Waals surface area (Å²) in [4.78, 5) is 19.8. The highest BCUT2D eigenvalue weighted by atomic mass is 32.1. The predicted octanol–water partition coefficient (Wildman–Crippen LogP) is 5.25. The lowest BCUT2D eigenvalue weighted by Crippen LogP contribution is -2.46. The van der Waals surface area contributed by atoms with Crippen molar-refractivity contribution in [2.45, 2.75) is 31.8 Å². The molecule has 35 heavy (non-hydrogen) atoms. The highest BCUT2D eigenvalue weighted by molar-refractivity contribution is 7.80. The van der Waals surface area contributed by atoms with E-state index in [9.17, 15) is 4.79 Å². The molecule has 1 atom stereocenters. The average molecular weight is 483 g/mol. The number of thiocarbonyl (C=S) groups is 1. The number of nitrogens with zero attached hydrogens (tertiary/aromatic N) is 3. The molecular formula is C29H30N4OS. The van der Waals surface area contributed by atoms with E-state index in [0.29, 0.717) is 12.2 Å². The van der Waals surface area contributed by atoms with Gasteiger partial charge in [-0.3, -0.25) is 4.79 Å². The Kier molecular flexibility index (Phi) is 7.42. The predicted molar refractivity (Wildman–Crippen MR) is 144 cm³/mol. The number of Topliss-reactive ketones (excluding diaryl/α,β-unsaturated/α-hetero) is 1. The lowest BCUT2D eigenvalue weighted by Gasteiger charge is -2.37. The number of nitrogens with two attached hydrogens (primary N) is 1. The molecule has 4 aromatic rings. The van der Waals surface area contributed by atoms with Gasteiger partial charge in [0, 0.05) is 12.7 Å². The molecule has 1 unspecified atom stereocenters. The molecule has 0 bridgehead atoms. The molecule has 0 fully saturated rings. The number of ketones is 1. The van der Waals surface area contributed by atoms with Crippen molar-refractivity contribution in [2.24, 2.45) is 5.73 Å². The Morgan fingerprint density at radius 3 is 1.80 bits per heavy atom. The number of imidazole rings is 1. The van der Waals surface area contributed by atoms with Gasteiger partial charge in [-0.2, -0.15) is 0 Å². The Bertz CT molecular complexity index is 1180. The van der Waals surface area contributed by atoms with Crippen LogP contribution < -0.4 is 5.73 Å². The molecule has 0 saturated heterocycles. The van der Waals surface area contributed by atoms with Gasteiger partial charge in [0.25, 0.3) is 0 Å². The first-order valence-electron chi connectivity index (χ1n) is 11.8. The number of aromatic nitrogens is 2. The fourth-order valence-corrected chi connectivity index (χ4v) is 4.96. The first-order chi connectivity index (χ1) is 17.0. The number of carbonyl (C=O) groups excluding carboxylic acids is 1. The van der Waals surface area contributed by atoms with Gasteiger partial charge in [-0.05, 0) is 42.3 Å². The minimum Gasteiger partial charge on any atom is -0.376 e. The summed E-state index contributed by atoms with van der Waals surface area (Å²) in [6.07, 6.45) is 4.43. The molecule has 0 saturated carbocycles. The second kappa shape index (κ2) is 10.7. The number of rotatable bonds is 9. The summed E-state index contributed by atoms with van der Waals surface area (Å²) in [5, 5.41) is 0.222. The quantitative estimate of drug-likeness (QED) is 0.201. The van der Waals surface area contributed by atoms with Gasteiger partial charge < -0.3 is 15.2 Å². The lowest BCUT2D eigenvalue weighted by molar-refractivity contribution is 0.0897. The molecule has 0 aliphatic carbocycles. The van der Waals surface area contributed by atoms with Crippen molar-refractivity contribution >= 4 is 23.1 Å². The molecule has 0 radical (unpaired) electrons. The third-order valence-corrected chi connectivity index (χ3v) is 6.63. The normalized spacial score (nSPS) is 12.2. The van der Waals surface area contributed by atoms with Crippen LogP contribution in [0.3, 0.4) is 0 Å². The topological polar surface area (TPSA) is 64.2 Å². The Hall–Kier alpha value is -3.77. The molecule has 6 heteroatoms. The fourth-order valence-electron chi connectivity index (χ4n) is 4.71. The van der Waals surface area contributed by atoms with Gasteiger partial charge in [0.2, 0.25) is 5.78 Å². The van der Waals surface area contributed by atoms with Crippen LogP contribution in [0, 0.1) is 0 Å². The molecule has 3 aromatic carbocycles. The molecule has 2 N–H and O–H groups in total. The van der Waals surface area contributed by atoms with Gasteiger partial charge in [-0.25, -0.2) is 4.98 Å². The molecule has 0 aliphatic rings. The zero-order valence-electron chi connectivity index (χ0n) is 20.0. The lowest BCUT2D eigenvalue weighted by atomic mass is 9.77. The van der Waals surface area contributed by atoms with Crippen molar-refractivity contribution in [3.8, 4) is 0 Å². The second-order valence-corrected chi connectivity index (χ2v) is 8.96. The standard InChI is InChI=1S/C29H30N4OS/c1-3-19-33(28(30)35)22(2)27(34)26-20-32(21-31-26)29(23-13-7-4-8-14-23,24-15-9-5-10-16-24)25-17-11-6-12-18-25/h4-18,20-22H,3,19H2,1-2H3,(H2,30,35). The highest BCUT2D eigenvalue weighted by Gasteiger charge is 2.39. The van der Waals surface area contributed by atoms with Crippen molar-refractivity contribution in [3.63, 3.8) is 0 Å². The van der Waals surface area contributed by atoms with Crippen molar-refractivity contribution in [1.82, 2.24) is 14.5 Å². The molecular weight excluding hydrogens is 452 g/mol. The first kappa shape index (κ1) is 24.4. The Morgan fingerprint density at radius 1 is 0.943 bits per heavy atom. The van der Waals surface area contributed by atoms with Crippen molar-refractivity contribution in [1.29, 1.82) is 0 Å². The zero-order chi connectivity index (χ0) is 24.8. The van der Waals surface area contributed by atoms with E-state index in [1.54, 1.807) is 11.2 Å². The van der Waals surface area contributed by atoms with E-state index >= 15 is 0 Å². The Labute approximate surface area is 212 Å². The summed E-state index contributed by atoms with van der Waals surface area (Å²) in [6.45, 7) is 4.48. The summed E-state index contributed by atoms with van der Waals surface area (Å²) < 4.78 is 2.04. The van der Waals surface area contributed by atoms with Gasteiger partial charge in [0.15, 0.2) is 5.11 Å². The number of carbonyl (C=O) groups is 1. The average Bonchev–Trinajstić information content (AvgIpc) is 3.39. The summed E-state index contributed by atoms with van der Waals surface area (Å²) in [5.74, 6) is -0.118. The third kappa shape index (κ3) is 4.62. The third-order valence-electron chi connectivity index (χ3n) is 6.39. The summed E-state index contributed by atoms with van der Waals surface area (Å²) >= 11 is 5.21. The largest absolute Gasteiger partial charge is 0.376 e. The summed E-state index contributed by atoms with van der Waals surface area (Å²) in [6, 6.07) is 30.4. The molecule has 4 rings (SSSR count). The molecule has 5 nitrogen and oxygen atoms in total. The van der Waals surface area contributed by atoms with E-state index in [4.69, 9.17) is 18.0 Å². The minimum atomic E-state index is -0.717. The van der Waals surface area contributed by atoms with Crippen LogP contribution in [0.5, 0.6) is 0 Å². The van der Waals surface area contributed by atoms with Crippen molar-refractivity contribution in [3.05, 3.63) is 126 Å². The van der Waals surface area contributed by atoms with E-state index in [1.165, 1.54) is 0 Å². The smallest absolute Gasteiger partial charge is 0.204 e. The van der Waals surface area contributed by atoms with Crippen LogP contribution in [0.2, 0.25) is 0 Å². The molecule has 0 amide bonds. The number of hydrogen-bond acceptors (Lipinski definition) is 3. The minimum absolute atomic E-state index is 0.118. The van der Waals surface area contributed by atoms with Gasteiger partial charge in [-0.1, -0.05) is 97.9 Å². The van der Waals surface area contributed by atoms with Crippen molar-refractivity contribution < 1.29 is 4.79 Å².